The Kier molecular flexibility index (Phi) is 6.32. The lowest BCUT2D eigenvalue weighted by Crippen LogP contribution is -2.32. The van der Waals surface area contributed by atoms with Crippen LogP contribution in [-0.4, -0.2) is 24.4 Å². The van der Waals surface area contributed by atoms with Gasteiger partial charge in [0.1, 0.15) is 0 Å². The molecule has 1 N–H and O–H groups in total. The summed E-state index contributed by atoms with van der Waals surface area (Å²) in [4.78, 5) is 23.0. The lowest BCUT2D eigenvalue weighted by Gasteiger charge is -2.06. The van der Waals surface area contributed by atoms with Crippen LogP contribution in [0.3, 0.4) is 0 Å². The highest BCUT2D eigenvalue weighted by Gasteiger charge is 2.11. The summed E-state index contributed by atoms with van der Waals surface area (Å²) in [7, 11) is 0. The van der Waals surface area contributed by atoms with E-state index in [-0.39, 0.29) is 12.4 Å². The molecule has 0 spiro atoms. The average molecular weight is 308 g/mol. The number of hydrogen-bond acceptors (Lipinski definition) is 4. The lowest BCUT2D eigenvalue weighted by molar-refractivity contribution is -0.117. The van der Waals surface area contributed by atoms with Crippen molar-refractivity contribution in [2.75, 3.05) is 12.4 Å². The van der Waals surface area contributed by atoms with Gasteiger partial charge >= 0.3 is 6.09 Å². The summed E-state index contributed by atoms with van der Waals surface area (Å²) in [6, 6.07) is 5.07. The molecule has 0 bridgehead atoms. The third-order valence-corrected chi connectivity index (χ3v) is 3.77. The van der Waals surface area contributed by atoms with Crippen LogP contribution < -0.4 is 5.32 Å². The molecule has 18 heavy (non-hydrogen) atoms. The van der Waals surface area contributed by atoms with Crippen molar-refractivity contribution in [3.8, 4) is 0 Å². The summed E-state index contributed by atoms with van der Waals surface area (Å²) in [5.74, 6) is -0.433. The summed E-state index contributed by atoms with van der Waals surface area (Å²) in [5.41, 5.74) is 0. The fourth-order valence-electron chi connectivity index (χ4n) is 1.08. The molecular formula is C11H11Cl2NO3S. The maximum absolute atomic E-state index is 11.4. The first-order valence-corrected chi connectivity index (χ1v) is 6.82. The van der Waals surface area contributed by atoms with Gasteiger partial charge in [0.2, 0.25) is 5.91 Å². The Bertz CT molecular complexity index is 434. The highest BCUT2D eigenvalue weighted by molar-refractivity contribution is 8.00. The van der Waals surface area contributed by atoms with Crippen molar-refractivity contribution in [1.29, 1.82) is 0 Å². The van der Waals surface area contributed by atoms with Crippen molar-refractivity contribution >= 4 is 47.0 Å². The molecular weight excluding hydrogens is 297 g/mol. The monoisotopic (exact) mass is 307 g/mol. The lowest BCUT2D eigenvalue weighted by atomic mass is 10.4. The Morgan fingerprint density at radius 2 is 1.94 bits per heavy atom. The van der Waals surface area contributed by atoms with Gasteiger partial charge in [-0.25, -0.2) is 4.79 Å². The van der Waals surface area contributed by atoms with Gasteiger partial charge in [-0.05, 0) is 19.1 Å². The maximum Gasteiger partial charge on any atom is 0.413 e. The first-order valence-electron chi connectivity index (χ1n) is 5.08. The van der Waals surface area contributed by atoms with Gasteiger partial charge in [0.25, 0.3) is 0 Å². The summed E-state index contributed by atoms with van der Waals surface area (Å²) >= 11 is 13.0. The summed E-state index contributed by atoms with van der Waals surface area (Å²) < 4.78 is 4.58. The molecule has 0 aliphatic carbocycles. The van der Waals surface area contributed by atoms with Crippen LogP contribution >= 0.6 is 35.0 Å². The third kappa shape index (κ3) is 4.76. The number of carbonyl (C=O) groups excluding carboxylic acids is 2. The molecule has 0 radical (unpaired) electrons. The Balaban J connectivity index is 2.50. The number of nitrogens with one attached hydrogen (secondary N) is 1. The summed E-state index contributed by atoms with van der Waals surface area (Å²) in [5, 5.41) is 3.02. The Labute approximate surface area is 119 Å². The van der Waals surface area contributed by atoms with Gasteiger partial charge in [-0.1, -0.05) is 29.3 Å². The number of rotatable bonds is 4. The molecule has 0 saturated carbocycles. The van der Waals surface area contributed by atoms with Crippen molar-refractivity contribution < 1.29 is 14.3 Å². The number of hydrogen-bond donors (Lipinski definition) is 1. The molecule has 0 aromatic heterocycles. The van der Waals surface area contributed by atoms with Gasteiger partial charge in [-0.15, -0.1) is 11.8 Å². The van der Waals surface area contributed by atoms with E-state index in [1.165, 1.54) is 0 Å². The smallest absolute Gasteiger partial charge is 0.413 e. The maximum atomic E-state index is 11.4. The predicted molar refractivity (Wildman–Crippen MR) is 72.4 cm³/mol. The van der Waals surface area contributed by atoms with Crippen LogP contribution in [0.25, 0.3) is 0 Å². The highest BCUT2D eigenvalue weighted by Crippen LogP contribution is 2.33. The molecule has 0 saturated heterocycles. The molecule has 2 amide bonds. The van der Waals surface area contributed by atoms with Crippen LogP contribution in [0.1, 0.15) is 6.92 Å². The van der Waals surface area contributed by atoms with Gasteiger partial charge in [0.05, 0.1) is 22.4 Å². The quantitative estimate of drug-likeness (QED) is 0.867. The first kappa shape index (κ1) is 15.1. The molecule has 0 aliphatic rings. The Hall–Kier alpha value is -0.910. The summed E-state index contributed by atoms with van der Waals surface area (Å²) in [6.45, 7) is 1.87. The van der Waals surface area contributed by atoms with Crippen molar-refractivity contribution in [2.45, 2.75) is 11.8 Å². The predicted octanol–water partition coefficient (Wildman–Crippen LogP) is 3.36. The van der Waals surface area contributed by atoms with Gasteiger partial charge in [-0.3, -0.25) is 10.1 Å². The molecule has 0 atom stereocenters. The van der Waals surface area contributed by atoms with Crippen LogP contribution in [0.15, 0.2) is 23.1 Å². The minimum Gasteiger partial charge on any atom is -0.450 e. The molecule has 0 heterocycles. The largest absolute Gasteiger partial charge is 0.450 e. The van der Waals surface area contributed by atoms with E-state index in [1.807, 2.05) is 0 Å². The number of carbonyl (C=O) groups is 2. The minimum absolute atomic E-state index is 0.0300. The second kappa shape index (κ2) is 7.51. The molecule has 1 rings (SSSR count). The van der Waals surface area contributed by atoms with E-state index in [2.05, 4.69) is 10.1 Å². The fraction of sp³-hybridized carbons (Fsp3) is 0.273. The number of amides is 2. The van der Waals surface area contributed by atoms with Gasteiger partial charge in [0, 0.05) is 4.90 Å². The van der Waals surface area contributed by atoms with Crippen molar-refractivity contribution in [2.24, 2.45) is 0 Å². The molecule has 1 aromatic carbocycles. The summed E-state index contributed by atoms with van der Waals surface area (Å²) in [6.07, 6.45) is -0.756. The second-order valence-electron chi connectivity index (χ2n) is 3.11. The third-order valence-electron chi connectivity index (χ3n) is 1.78. The number of alkyl carbamates (subject to hydrolysis) is 1. The second-order valence-corrected chi connectivity index (χ2v) is 4.91. The van der Waals surface area contributed by atoms with Gasteiger partial charge in [-0.2, -0.15) is 0 Å². The zero-order valence-electron chi connectivity index (χ0n) is 9.54. The van der Waals surface area contributed by atoms with Crippen LogP contribution in [0, 0.1) is 0 Å². The normalized spacial score (nSPS) is 9.94. The van der Waals surface area contributed by atoms with Gasteiger partial charge < -0.3 is 4.74 Å². The minimum atomic E-state index is -0.756. The molecule has 0 aliphatic heterocycles. The molecule has 0 unspecified atom stereocenters. The number of halogens is 2. The Morgan fingerprint density at radius 1 is 1.33 bits per heavy atom. The Morgan fingerprint density at radius 3 is 2.50 bits per heavy atom. The van der Waals surface area contributed by atoms with E-state index >= 15 is 0 Å². The van der Waals surface area contributed by atoms with Crippen molar-refractivity contribution in [3.63, 3.8) is 0 Å². The van der Waals surface area contributed by atoms with Crippen LogP contribution in [0.2, 0.25) is 10.0 Å². The molecule has 1 aromatic rings. The molecule has 4 nitrogen and oxygen atoms in total. The number of benzene rings is 1. The van der Waals surface area contributed by atoms with Gasteiger partial charge in [0.15, 0.2) is 0 Å². The zero-order chi connectivity index (χ0) is 13.5. The highest BCUT2D eigenvalue weighted by atomic mass is 35.5. The first-order chi connectivity index (χ1) is 8.54. The van der Waals surface area contributed by atoms with E-state index < -0.39 is 12.0 Å². The van der Waals surface area contributed by atoms with Crippen LogP contribution in [-0.2, 0) is 9.53 Å². The van der Waals surface area contributed by atoms with Crippen molar-refractivity contribution in [3.05, 3.63) is 28.2 Å². The SMILES string of the molecule is CCOC(=O)NC(=O)CSc1c(Cl)cccc1Cl. The standard InChI is InChI=1S/C11H11Cl2NO3S/c1-2-17-11(16)14-9(15)6-18-10-7(12)4-3-5-8(10)13/h3-5H,2,6H2,1H3,(H,14,15,16). The average Bonchev–Trinajstić information content (AvgIpc) is 2.28. The molecule has 7 heteroatoms. The fourth-order valence-corrected chi connectivity index (χ4v) is 2.56. The van der Waals surface area contributed by atoms with Crippen molar-refractivity contribution in [1.82, 2.24) is 5.32 Å². The molecule has 0 fully saturated rings. The van der Waals surface area contributed by atoms with E-state index in [0.717, 1.165) is 11.8 Å². The van der Waals surface area contributed by atoms with Crippen LogP contribution in [0.5, 0.6) is 0 Å². The van der Waals surface area contributed by atoms with E-state index in [1.54, 1.807) is 25.1 Å². The van der Waals surface area contributed by atoms with E-state index in [9.17, 15) is 9.59 Å². The topological polar surface area (TPSA) is 55.4 Å². The number of imide groups is 1. The zero-order valence-corrected chi connectivity index (χ0v) is 11.9. The number of ether oxygens (including phenoxy) is 1. The molecule has 98 valence electrons. The van der Waals surface area contributed by atoms with E-state index in [0.29, 0.717) is 14.9 Å². The van der Waals surface area contributed by atoms with Crippen LogP contribution in [0.4, 0.5) is 4.79 Å². The van der Waals surface area contributed by atoms with E-state index in [4.69, 9.17) is 23.2 Å². The number of thioether (sulfide) groups is 1.